The Balaban J connectivity index is 1.18. The molecular weight excluding hydrogens is 448 g/mol. The lowest BCUT2D eigenvalue weighted by atomic mass is 9.74. The molecule has 2 aromatic rings. The number of carbonyl (C=O) groups is 3. The van der Waals surface area contributed by atoms with E-state index >= 15 is 0 Å². The minimum absolute atomic E-state index is 0.0371. The van der Waals surface area contributed by atoms with Gasteiger partial charge in [-0.15, -0.1) is 0 Å². The van der Waals surface area contributed by atoms with Crippen molar-refractivity contribution in [2.24, 2.45) is 10.8 Å². The van der Waals surface area contributed by atoms with Gasteiger partial charge in [0.05, 0.1) is 5.41 Å². The number of ether oxygens (including phenoxy) is 1. The molecule has 3 aliphatic carbocycles. The monoisotopic (exact) mass is 478 g/mol. The fourth-order valence-corrected chi connectivity index (χ4v) is 5.93. The van der Waals surface area contributed by atoms with Crippen molar-refractivity contribution < 1.29 is 29.3 Å². The van der Waals surface area contributed by atoms with Crippen LogP contribution in [0.3, 0.4) is 0 Å². The summed E-state index contributed by atoms with van der Waals surface area (Å²) < 4.78 is 5.62. The molecule has 2 fully saturated rings. The Bertz CT molecular complexity index is 1110. The molecule has 5 rings (SSSR count). The van der Waals surface area contributed by atoms with Gasteiger partial charge in [0, 0.05) is 25.4 Å². The number of rotatable bonds is 9. The molecule has 0 bridgehead atoms. The number of fused-ring (bicyclic) bond motifs is 3. The van der Waals surface area contributed by atoms with Crippen LogP contribution >= 0.6 is 0 Å². The van der Waals surface area contributed by atoms with Gasteiger partial charge in [-0.25, -0.2) is 9.59 Å². The molecule has 0 radical (unpaired) electrons. The van der Waals surface area contributed by atoms with Crippen LogP contribution in [-0.4, -0.2) is 54.0 Å². The highest BCUT2D eigenvalue weighted by Crippen LogP contribution is 2.73. The predicted molar refractivity (Wildman–Crippen MR) is 128 cm³/mol. The lowest BCUT2D eigenvalue weighted by Gasteiger charge is -2.32. The molecule has 0 aliphatic heterocycles. The minimum atomic E-state index is -1.51. The van der Waals surface area contributed by atoms with Gasteiger partial charge in [-0.2, -0.15) is 0 Å². The van der Waals surface area contributed by atoms with Crippen LogP contribution in [0.25, 0.3) is 11.1 Å². The van der Waals surface area contributed by atoms with Gasteiger partial charge in [-0.05, 0) is 46.9 Å². The van der Waals surface area contributed by atoms with Crippen molar-refractivity contribution in [3.8, 4) is 11.1 Å². The molecule has 184 valence electrons. The Kier molecular flexibility index (Phi) is 6.01. The van der Waals surface area contributed by atoms with Crippen LogP contribution < -0.4 is 10.6 Å². The number of alkyl carbamates (subject to hydrolysis) is 1. The van der Waals surface area contributed by atoms with E-state index in [0.29, 0.717) is 6.42 Å². The highest BCUT2D eigenvalue weighted by molar-refractivity contribution is 5.88. The first-order valence-electron chi connectivity index (χ1n) is 12.1. The highest BCUT2D eigenvalue weighted by atomic mass is 16.5. The normalized spacial score (nSPS) is 21.9. The molecule has 2 aromatic carbocycles. The van der Waals surface area contributed by atoms with Crippen molar-refractivity contribution in [3.63, 3.8) is 0 Å². The third-order valence-electron chi connectivity index (χ3n) is 8.14. The quantitative estimate of drug-likeness (QED) is 0.439. The van der Waals surface area contributed by atoms with Crippen LogP contribution in [-0.2, 0) is 14.3 Å². The van der Waals surface area contributed by atoms with Crippen LogP contribution in [0.2, 0.25) is 0 Å². The molecule has 0 heterocycles. The number of aliphatic hydroxyl groups is 1. The summed E-state index contributed by atoms with van der Waals surface area (Å²) in [7, 11) is 0. The van der Waals surface area contributed by atoms with Crippen LogP contribution in [0.15, 0.2) is 48.5 Å². The molecule has 8 heteroatoms. The van der Waals surface area contributed by atoms with Gasteiger partial charge in [0.1, 0.15) is 6.61 Å². The second-order valence-corrected chi connectivity index (χ2v) is 9.97. The Morgan fingerprint density at radius 1 is 1.00 bits per heavy atom. The largest absolute Gasteiger partial charge is 0.479 e. The summed E-state index contributed by atoms with van der Waals surface area (Å²) in [5.41, 5.74) is 3.79. The van der Waals surface area contributed by atoms with Gasteiger partial charge < -0.3 is 25.6 Å². The summed E-state index contributed by atoms with van der Waals surface area (Å²) in [6.07, 6.45) is 1.48. The molecule has 0 aromatic heterocycles. The molecule has 2 saturated carbocycles. The maximum atomic E-state index is 13.0. The predicted octanol–water partition coefficient (Wildman–Crippen LogP) is 3.04. The number of hydrogen-bond donors (Lipinski definition) is 4. The molecule has 4 N–H and O–H groups in total. The maximum absolute atomic E-state index is 13.0. The number of benzene rings is 2. The Labute approximate surface area is 203 Å². The summed E-state index contributed by atoms with van der Waals surface area (Å²) in [5, 5.41) is 23.8. The molecule has 1 spiro atoms. The van der Waals surface area contributed by atoms with E-state index in [-0.39, 0.29) is 43.4 Å². The molecule has 2 amide bonds. The van der Waals surface area contributed by atoms with Gasteiger partial charge >= 0.3 is 12.1 Å². The molecule has 8 nitrogen and oxygen atoms in total. The van der Waals surface area contributed by atoms with Gasteiger partial charge in [-0.3, -0.25) is 4.79 Å². The Morgan fingerprint density at radius 2 is 1.63 bits per heavy atom. The van der Waals surface area contributed by atoms with E-state index in [2.05, 4.69) is 34.9 Å². The lowest BCUT2D eigenvalue weighted by molar-refractivity contribution is -0.147. The number of aliphatic carboxylic acids is 1. The first-order chi connectivity index (χ1) is 16.9. The number of carboxylic acids is 1. The number of aliphatic hydroxyl groups excluding tert-OH is 1. The summed E-state index contributed by atoms with van der Waals surface area (Å²) in [5.74, 6) is -1.55. The fourth-order valence-electron chi connectivity index (χ4n) is 5.93. The minimum Gasteiger partial charge on any atom is -0.479 e. The standard InChI is InChI=1S/C27H30N2O6/c30-22(23(31)32)10-13-28-24(33)27(15-26(27)11-5-12-26)16-29-25(34)35-14-21-19-8-3-1-6-17(19)18-7-2-4-9-20(18)21/h1-4,6-9,21-22,30H,5,10-16H2,(H,28,33)(H,29,34)(H,31,32)/t22-,27?/m0/s1. The van der Waals surface area contributed by atoms with Gasteiger partial charge in [0.2, 0.25) is 5.91 Å². The van der Waals surface area contributed by atoms with E-state index < -0.39 is 23.6 Å². The average molecular weight is 479 g/mol. The van der Waals surface area contributed by atoms with Crippen molar-refractivity contribution in [1.82, 2.24) is 10.6 Å². The van der Waals surface area contributed by atoms with Gasteiger partial charge in [0.15, 0.2) is 6.10 Å². The zero-order chi connectivity index (χ0) is 24.6. The van der Waals surface area contributed by atoms with E-state index in [1.807, 2.05) is 24.3 Å². The number of carboxylic acid groups (broad SMARTS) is 1. The first kappa shape index (κ1) is 23.4. The maximum Gasteiger partial charge on any atom is 0.407 e. The van der Waals surface area contributed by atoms with Crippen molar-refractivity contribution in [3.05, 3.63) is 59.7 Å². The van der Waals surface area contributed by atoms with E-state index in [0.717, 1.165) is 41.5 Å². The number of amides is 2. The third-order valence-corrected chi connectivity index (χ3v) is 8.14. The Morgan fingerprint density at radius 3 is 2.17 bits per heavy atom. The van der Waals surface area contributed by atoms with Gasteiger partial charge in [0.25, 0.3) is 0 Å². The molecule has 35 heavy (non-hydrogen) atoms. The topological polar surface area (TPSA) is 125 Å². The summed E-state index contributed by atoms with van der Waals surface area (Å²) in [4.78, 5) is 36.5. The molecule has 0 saturated heterocycles. The number of hydrogen-bond acceptors (Lipinski definition) is 5. The highest BCUT2D eigenvalue weighted by Gasteiger charge is 2.73. The van der Waals surface area contributed by atoms with E-state index in [1.165, 1.54) is 0 Å². The number of nitrogens with one attached hydrogen (secondary N) is 2. The van der Waals surface area contributed by atoms with Crippen molar-refractivity contribution in [2.75, 3.05) is 19.7 Å². The van der Waals surface area contributed by atoms with Crippen LogP contribution in [0.1, 0.15) is 49.1 Å². The van der Waals surface area contributed by atoms with E-state index in [9.17, 15) is 19.5 Å². The van der Waals surface area contributed by atoms with Crippen molar-refractivity contribution >= 4 is 18.0 Å². The molecule has 2 atom stereocenters. The van der Waals surface area contributed by atoms with E-state index in [1.54, 1.807) is 0 Å². The fraction of sp³-hybridized carbons (Fsp3) is 0.444. The zero-order valence-corrected chi connectivity index (χ0v) is 19.5. The molecule has 3 aliphatic rings. The summed E-state index contributed by atoms with van der Waals surface area (Å²) in [6, 6.07) is 16.3. The second-order valence-electron chi connectivity index (χ2n) is 9.97. The summed E-state index contributed by atoms with van der Waals surface area (Å²) in [6.45, 7) is 0.448. The Hall–Kier alpha value is -3.39. The zero-order valence-electron chi connectivity index (χ0n) is 19.5. The first-order valence-corrected chi connectivity index (χ1v) is 12.1. The lowest BCUT2D eigenvalue weighted by Crippen LogP contribution is -2.45. The second kappa shape index (κ2) is 9.00. The van der Waals surface area contributed by atoms with E-state index in [4.69, 9.17) is 9.84 Å². The van der Waals surface area contributed by atoms with Crippen LogP contribution in [0, 0.1) is 10.8 Å². The van der Waals surface area contributed by atoms with Crippen molar-refractivity contribution in [2.45, 2.75) is 44.1 Å². The average Bonchev–Trinajstić information content (AvgIpc) is 3.45. The smallest absolute Gasteiger partial charge is 0.407 e. The molecular formula is C27H30N2O6. The molecule has 1 unspecified atom stereocenters. The number of carbonyl (C=O) groups excluding carboxylic acids is 2. The third kappa shape index (κ3) is 4.05. The van der Waals surface area contributed by atoms with Crippen molar-refractivity contribution in [1.29, 1.82) is 0 Å². The van der Waals surface area contributed by atoms with Crippen LogP contribution in [0.4, 0.5) is 4.79 Å². The SMILES string of the molecule is O=C(NCC1(C(=O)NCC[C@H](O)C(=O)O)CC12CCC2)OCC1c2ccccc2-c2ccccc21. The van der Waals surface area contributed by atoms with Gasteiger partial charge in [-0.1, -0.05) is 55.0 Å². The van der Waals surface area contributed by atoms with Crippen LogP contribution in [0.5, 0.6) is 0 Å². The summed E-state index contributed by atoms with van der Waals surface area (Å²) >= 11 is 0.